The van der Waals surface area contributed by atoms with Gasteiger partial charge in [-0.05, 0) is 50.1 Å². The molecule has 4 nitrogen and oxygen atoms in total. The minimum atomic E-state index is -0.154. The lowest BCUT2D eigenvalue weighted by atomic mass is 9.95. The number of thioether (sulfide) groups is 1. The highest BCUT2D eigenvalue weighted by Gasteiger charge is 2.23. The van der Waals surface area contributed by atoms with E-state index in [0.717, 1.165) is 12.8 Å². The van der Waals surface area contributed by atoms with Crippen molar-refractivity contribution in [2.75, 3.05) is 6.26 Å². The number of aryl methyl sites for hydroxylation is 1. The molecule has 1 aromatic rings. The molecule has 0 aliphatic heterocycles. The Kier molecular flexibility index (Phi) is 5.05. The topological polar surface area (TPSA) is 54.9 Å². The van der Waals surface area contributed by atoms with Crippen LogP contribution in [0, 0.1) is 6.92 Å². The highest BCUT2D eigenvalue weighted by atomic mass is 35.5. The Labute approximate surface area is 122 Å². The first-order valence-corrected chi connectivity index (χ1v) is 8.10. The average molecular weight is 300 g/mol. The molecule has 1 aliphatic rings. The van der Waals surface area contributed by atoms with Crippen molar-refractivity contribution in [3.63, 3.8) is 0 Å². The third-order valence-electron chi connectivity index (χ3n) is 3.35. The summed E-state index contributed by atoms with van der Waals surface area (Å²) >= 11 is 7.66. The van der Waals surface area contributed by atoms with Crippen LogP contribution in [0.1, 0.15) is 41.9 Å². The summed E-state index contributed by atoms with van der Waals surface area (Å²) in [5, 5.41) is 3.82. The van der Waals surface area contributed by atoms with Gasteiger partial charge >= 0.3 is 0 Å². The van der Waals surface area contributed by atoms with E-state index in [1.54, 1.807) is 13.0 Å². The maximum Gasteiger partial charge on any atom is 0.270 e. The Bertz CT molecular complexity index is 449. The fourth-order valence-corrected chi connectivity index (χ4v) is 3.45. The summed E-state index contributed by atoms with van der Waals surface area (Å²) in [6.45, 7) is 1.80. The molecule has 0 saturated heterocycles. The van der Waals surface area contributed by atoms with Crippen LogP contribution in [0.15, 0.2) is 6.07 Å². The second-order valence-corrected chi connectivity index (χ2v) is 6.33. The maximum atomic E-state index is 12.1. The minimum Gasteiger partial charge on any atom is -0.348 e. The number of carbonyl (C=O) groups excluding carboxylic acids is 1. The van der Waals surface area contributed by atoms with Crippen molar-refractivity contribution in [3.8, 4) is 0 Å². The first-order valence-electron chi connectivity index (χ1n) is 6.43. The smallest absolute Gasteiger partial charge is 0.270 e. The molecule has 104 valence electrons. The highest BCUT2D eigenvalue weighted by Crippen LogP contribution is 2.27. The molecule has 1 heterocycles. The molecule has 6 heteroatoms. The van der Waals surface area contributed by atoms with Crippen molar-refractivity contribution < 1.29 is 4.79 Å². The standard InChI is InChI=1S/C13H18ClN3OS/c1-8-6-11(17-13(14)15-8)12(18)16-9-4-3-5-10(7-9)19-2/h6,9-10H,3-5,7H2,1-2H3,(H,16,18). The third kappa shape index (κ3) is 4.08. The summed E-state index contributed by atoms with van der Waals surface area (Å²) in [6.07, 6.45) is 6.61. The minimum absolute atomic E-state index is 0.121. The zero-order valence-electron chi connectivity index (χ0n) is 11.1. The number of rotatable bonds is 3. The van der Waals surface area contributed by atoms with Gasteiger partial charge in [-0.3, -0.25) is 4.79 Å². The quantitative estimate of drug-likeness (QED) is 0.872. The Balaban J connectivity index is 2.00. The molecular weight excluding hydrogens is 282 g/mol. The number of hydrogen-bond acceptors (Lipinski definition) is 4. The van der Waals surface area contributed by atoms with E-state index in [9.17, 15) is 4.79 Å². The molecule has 1 fully saturated rings. The summed E-state index contributed by atoms with van der Waals surface area (Å²) in [4.78, 5) is 20.1. The molecule has 0 spiro atoms. The van der Waals surface area contributed by atoms with Gasteiger partial charge < -0.3 is 5.32 Å². The molecular formula is C13H18ClN3OS. The van der Waals surface area contributed by atoms with Gasteiger partial charge in [0.2, 0.25) is 5.28 Å². The van der Waals surface area contributed by atoms with Gasteiger partial charge in [-0.15, -0.1) is 0 Å². The van der Waals surface area contributed by atoms with Gasteiger partial charge in [0, 0.05) is 17.0 Å². The summed E-state index contributed by atoms with van der Waals surface area (Å²) in [7, 11) is 0. The van der Waals surface area contributed by atoms with Gasteiger partial charge in [-0.25, -0.2) is 9.97 Å². The van der Waals surface area contributed by atoms with Gasteiger partial charge in [-0.1, -0.05) is 6.42 Å². The number of amides is 1. The van der Waals surface area contributed by atoms with Crippen LogP contribution in [-0.2, 0) is 0 Å². The Morgan fingerprint density at radius 1 is 1.47 bits per heavy atom. The predicted octanol–water partition coefficient (Wildman–Crippen LogP) is 2.84. The molecule has 1 saturated carbocycles. The average Bonchev–Trinajstić information content (AvgIpc) is 2.37. The molecule has 0 aromatic carbocycles. The van der Waals surface area contributed by atoms with Crippen molar-refractivity contribution in [2.45, 2.75) is 43.9 Å². The first kappa shape index (κ1) is 14.6. The SMILES string of the molecule is CSC1CCCC(NC(=O)c2cc(C)nc(Cl)n2)C1. The monoisotopic (exact) mass is 299 g/mol. The largest absolute Gasteiger partial charge is 0.348 e. The lowest BCUT2D eigenvalue weighted by Gasteiger charge is -2.28. The Morgan fingerprint density at radius 2 is 2.26 bits per heavy atom. The number of nitrogens with zero attached hydrogens (tertiary/aromatic N) is 2. The molecule has 0 bridgehead atoms. The van der Waals surface area contributed by atoms with Crippen LogP contribution in [0.4, 0.5) is 0 Å². The molecule has 19 heavy (non-hydrogen) atoms. The van der Waals surface area contributed by atoms with Gasteiger partial charge in [0.05, 0.1) is 0 Å². The van der Waals surface area contributed by atoms with Gasteiger partial charge in [0.1, 0.15) is 5.69 Å². The number of aromatic nitrogens is 2. The van der Waals surface area contributed by atoms with Crippen molar-refractivity contribution in [2.24, 2.45) is 0 Å². The van der Waals surface area contributed by atoms with E-state index in [1.165, 1.54) is 12.8 Å². The van der Waals surface area contributed by atoms with Crippen LogP contribution in [0.3, 0.4) is 0 Å². The normalized spacial score (nSPS) is 23.1. The van der Waals surface area contributed by atoms with Gasteiger partial charge in [0.15, 0.2) is 0 Å². The summed E-state index contributed by atoms with van der Waals surface area (Å²) in [5.74, 6) is -0.154. The Morgan fingerprint density at radius 3 is 2.95 bits per heavy atom. The zero-order valence-corrected chi connectivity index (χ0v) is 12.7. The van der Waals surface area contributed by atoms with E-state index in [2.05, 4.69) is 21.5 Å². The fourth-order valence-electron chi connectivity index (χ4n) is 2.40. The molecule has 1 N–H and O–H groups in total. The second kappa shape index (κ2) is 6.57. The predicted molar refractivity (Wildman–Crippen MR) is 78.8 cm³/mol. The van der Waals surface area contributed by atoms with E-state index in [0.29, 0.717) is 16.6 Å². The van der Waals surface area contributed by atoms with Gasteiger partial charge in [-0.2, -0.15) is 11.8 Å². The number of halogens is 1. The number of nitrogens with one attached hydrogen (secondary N) is 1. The first-order chi connectivity index (χ1) is 9.08. The Hall–Kier alpha value is -0.810. The molecule has 0 radical (unpaired) electrons. The van der Waals surface area contributed by atoms with Crippen LogP contribution >= 0.6 is 23.4 Å². The highest BCUT2D eigenvalue weighted by molar-refractivity contribution is 7.99. The second-order valence-electron chi connectivity index (χ2n) is 4.86. The van der Waals surface area contributed by atoms with Crippen LogP contribution < -0.4 is 5.32 Å². The lowest BCUT2D eigenvalue weighted by Crippen LogP contribution is -2.39. The number of hydrogen-bond donors (Lipinski definition) is 1. The van der Waals surface area contributed by atoms with Crippen molar-refractivity contribution in [3.05, 3.63) is 22.7 Å². The summed E-state index contributed by atoms with van der Waals surface area (Å²) < 4.78 is 0. The molecule has 1 aliphatic carbocycles. The van der Waals surface area contributed by atoms with Crippen molar-refractivity contribution in [1.29, 1.82) is 0 Å². The van der Waals surface area contributed by atoms with E-state index in [4.69, 9.17) is 11.6 Å². The van der Waals surface area contributed by atoms with E-state index >= 15 is 0 Å². The lowest BCUT2D eigenvalue weighted by molar-refractivity contribution is 0.0923. The molecule has 2 atom stereocenters. The maximum absolute atomic E-state index is 12.1. The van der Waals surface area contributed by atoms with Crippen LogP contribution in [0.5, 0.6) is 0 Å². The van der Waals surface area contributed by atoms with Crippen molar-refractivity contribution >= 4 is 29.3 Å². The van der Waals surface area contributed by atoms with Crippen LogP contribution in [0.2, 0.25) is 5.28 Å². The van der Waals surface area contributed by atoms with Gasteiger partial charge in [0.25, 0.3) is 5.91 Å². The molecule has 2 unspecified atom stereocenters. The molecule has 1 amide bonds. The van der Waals surface area contributed by atoms with E-state index < -0.39 is 0 Å². The van der Waals surface area contributed by atoms with Crippen molar-refractivity contribution in [1.82, 2.24) is 15.3 Å². The van der Waals surface area contributed by atoms with E-state index in [-0.39, 0.29) is 17.2 Å². The fraction of sp³-hybridized carbons (Fsp3) is 0.615. The summed E-state index contributed by atoms with van der Waals surface area (Å²) in [6, 6.07) is 1.91. The molecule has 1 aromatic heterocycles. The van der Waals surface area contributed by atoms with Crippen LogP contribution in [-0.4, -0.2) is 33.4 Å². The van der Waals surface area contributed by atoms with Crippen LogP contribution in [0.25, 0.3) is 0 Å². The summed E-state index contributed by atoms with van der Waals surface area (Å²) in [5.41, 5.74) is 1.06. The van der Waals surface area contributed by atoms with E-state index in [1.807, 2.05) is 11.8 Å². The third-order valence-corrected chi connectivity index (χ3v) is 4.62. The zero-order chi connectivity index (χ0) is 13.8. The number of carbonyl (C=O) groups is 1. The molecule has 2 rings (SSSR count).